The number of alkyl halides is 1. The topological polar surface area (TPSA) is 0 Å². The Hall–Kier alpha value is 0.822. The molecule has 0 unspecified atom stereocenters. The summed E-state index contributed by atoms with van der Waals surface area (Å²) in [6.45, 7) is 4.53. The van der Waals surface area contributed by atoms with Gasteiger partial charge in [-0.1, -0.05) is 25.0 Å². The fraction of sp³-hybridized carbons (Fsp3) is 1.00. The van der Waals surface area contributed by atoms with Crippen LogP contribution in [-0.2, 0) is 0 Å². The molecule has 2 heteroatoms. The van der Waals surface area contributed by atoms with Crippen LogP contribution in [0.25, 0.3) is 0 Å². The molecule has 0 aliphatic rings. The highest BCUT2D eigenvalue weighted by Gasteiger charge is 1.94. The fourth-order valence-corrected chi connectivity index (χ4v) is 2.05. The third-order valence-electron chi connectivity index (χ3n) is 0.951. The van der Waals surface area contributed by atoms with Crippen molar-refractivity contribution in [3.63, 3.8) is 0 Å². The molecule has 0 saturated heterocycles. The Morgan fingerprint density at radius 2 is 2.12 bits per heavy atom. The zero-order valence-electron chi connectivity index (χ0n) is 5.65. The van der Waals surface area contributed by atoms with Gasteiger partial charge in [-0.05, 0) is 0 Å². The number of rotatable bonds is 4. The summed E-state index contributed by atoms with van der Waals surface area (Å²) < 4.78 is 0. The van der Waals surface area contributed by atoms with Gasteiger partial charge in [-0.25, -0.2) is 0 Å². The zero-order chi connectivity index (χ0) is 6.41. The largest absolute Gasteiger partial charge is 0.202 e. The number of halogens is 1. The molecule has 0 aliphatic heterocycles. The third-order valence-corrected chi connectivity index (χ3v) is 3.51. The Morgan fingerprint density at radius 3 is 2.50 bits per heavy atom. The van der Waals surface area contributed by atoms with Crippen LogP contribution in [0.15, 0.2) is 0 Å². The van der Waals surface area contributed by atoms with E-state index in [0.29, 0.717) is 15.2 Å². The van der Waals surface area contributed by atoms with Gasteiger partial charge in [0, 0.05) is 5.88 Å². The van der Waals surface area contributed by atoms with Gasteiger partial charge in [0.2, 0.25) is 15.2 Å². The van der Waals surface area contributed by atoms with Crippen LogP contribution in [0.5, 0.6) is 0 Å². The van der Waals surface area contributed by atoms with E-state index in [1.165, 1.54) is 10.6 Å². The van der Waals surface area contributed by atoms with Gasteiger partial charge in [0.25, 0.3) is 0 Å². The summed E-state index contributed by atoms with van der Waals surface area (Å²) in [6.07, 6.45) is 0. The molecule has 8 heavy (non-hydrogen) atoms. The maximum Gasteiger partial charge on any atom is 0.202 e. The molecule has 0 atom stereocenters. The van der Waals surface area contributed by atoms with Gasteiger partial charge in [-0.3, -0.25) is 0 Å². The molecule has 0 nitrogen and oxygen atoms in total. The van der Waals surface area contributed by atoms with Crippen molar-refractivity contribution in [1.82, 2.24) is 0 Å². The highest BCUT2D eigenvalue weighted by Crippen LogP contribution is 2.00. The second-order valence-electron chi connectivity index (χ2n) is 2.40. The summed E-state index contributed by atoms with van der Waals surface area (Å²) >= 11 is 6.16. The van der Waals surface area contributed by atoms with Crippen molar-refractivity contribution < 1.29 is 0 Å². The lowest BCUT2D eigenvalue weighted by molar-refractivity contribution is 0.730. The molecule has 0 aliphatic carbocycles. The van der Waals surface area contributed by atoms with Crippen molar-refractivity contribution in [1.29, 1.82) is 0 Å². The van der Waals surface area contributed by atoms with Crippen LogP contribution < -0.4 is 0 Å². The fourth-order valence-electron chi connectivity index (χ4n) is 0.528. The van der Waals surface area contributed by atoms with E-state index in [9.17, 15) is 0 Å². The van der Waals surface area contributed by atoms with Crippen LogP contribution in [0.2, 0.25) is 10.6 Å². The summed E-state index contributed by atoms with van der Waals surface area (Å²) in [5, 5.41) is 2.67. The van der Waals surface area contributed by atoms with Gasteiger partial charge in [0.05, 0.1) is 0 Å². The maximum absolute atomic E-state index is 5.51. The van der Waals surface area contributed by atoms with E-state index >= 15 is 0 Å². The first-order chi connectivity index (χ1) is 3.77. The first-order valence-corrected chi connectivity index (χ1v) is 5.31. The molecular formula is C6H13AlCl. The minimum Gasteiger partial charge on any atom is -0.128 e. The van der Waals surface area contributed by atoms with E-state index in [1.807, 2.05) is 0 Å². The summed E-state index contributed by atoms with van der Waals surface area (Å²) in [4.78, 5) is 0. The molecule has 0 heterocycles. The van der Waals surface area contributed by atoms with Gasteiger partial charge in [-0.15, -0.1) is 16.9 Å². The first-order valence-electron chi connectivity index (χ1n) is 3.15. The van der Waals surface area contributed by atoms with E-state index in [0.717, 1.165) is 11.8 Å². The molecule has 0 aromatic rings. The number of hydrogen-bond donors (Lipinski definition) is 0. The molecule has 0 fully saturated rings. The molecule has 0 spiro atoms. The second-order valence-corrected chi connectivity index (χ2v) is 4.40. The van der Waals surface area contributed by atoms with Crippen molar-refractivity contribution in [3.05, 3.63) is 0 Å². The lowest BCUT2D eigenvalue weighted by Crippen LogP contribution is -1.95. The molecular weight excluding hydrogens is 135 g/mol. The van der Waals surface area contributed by atoms with Crippen molar-refractivity contribution in [2.24, 2.45) is 5.92 Å². The first kappa shape index (κ1) is 8.82. The predicted molar refractivity (Wildman–Crippen MR) is 40.9 cm³/mol. The Labute approximate surface area is 63.3 Å². The van der Waals surface area contributed by atoms with Crippen LogP contribution in [0, 0.1) is 5.92 Å². The third kappa shape index (κ3) is 6.82. The van der Waals surface area contributed by atoms with Crippen LogP contribution in [0.3, 0.4) is 0 Å². The molecule has 0 N–H and O–H groups in total. The Kier molecular flexibility index (Phi) is 6.56. The quantitative estimate of drug-likeness (QED) is 0.326. The molecule has 47 valence electrons. The van der Waals surface area contributed by atoms with E-state index in [2.05, 4.69) is 13.8 Å². The average Bonchev–Trinajstić information content (AvgIpc) is 1.66. The standard InChI is InChI=1S/C4H9.C2H4Cl.Al/c1-4(2)3;1-2-3;/h4H,1H2,2-3H3;1-2H2;. The van der Waals surface area contributed by atoms with Crippen LogP contribution in [0.1, 0.15) is 13.8 Å². The van der Waals surface area contributed by atoms with E-state index < -0.39 is 0 Å². The Balaban J connectivity index is 2.72. The SMILES string of the molecule is CC(C)[CH2][Al][CH2]CCl. The normalized spacial score (nSPS) is 10.0. The van der Waals surface area contributed by atoms with Gasteiger partial charge >= 0.3 is 0 Å². The average molecular weight is 148 g/mol. The lowest BCUT2D eigenvalue weighted by atomic mass is 10.3. The van der Waals surface area contributed by atoms with E-state index in [4.69, 9.17) is 11.6 Å². The molecule has 1 radical (unpaired) electrons. The van der Waals surface area contributed by atoms with Crippen molar-refractivity contribution >= 4 is 26.8 Å². The number of hydrogen-bond acceptors (Lipinski definition) is 0. The van der Waals surface area contributed by atoms with E-state index in [-0.39, 0.29) is 0 Å². The zero-order valence-corrected chi connectivity index (χ0v) is 7.56. The lowest BCUT2D eigenvalue weighted by Gasteiger charge is -1.98. The summed E-state index contributed by atoms with van der Waals surface area (Å²) in [7, 11) is 0. The second kappa shape index (κ2) is 5.95. The van der Waals surface area contributed by atoms with Crippen LogP contribution in [0.4, 0.5) is 0 Å². The van der Waals surface area contributed by atoms with Gasteiger partial charge < -0.3 is 0 Å². The van der Waals surface area contributed by atoms with Crippen molar-refractivity contribution in [2.75, 3.05) is 5.88 Å². The molecule has 0 bridgehead atoms. The molecule has 0 rings (SSSR count). The monoisotopic (exact) mass is 147 g/mol. The molecule has 0 amide bonds. The summed E-state index contributed by atoms with van der Waals surface area (Å²) in [5.74, 6) is 1.75. The molecule has 0 saturated carbocycles. The van der Waals surface area contributed by atoms with E-state index in [1.54, 1.807) is 0 Å². The molecule has 0 aromatic heterocycles. The summed E-state index contributed by atoms with van der Waals surface area (Å²) in [6, 6.07) is 0. The van der Waals surface area contributed by atoms with Crippen molar-refractivity contribution in [3.8, 4) is 0 Å². The Morgan fingerprint density at radius 1 is 1.50 bits per heavy atom. The smallest absolute Gasteiger partial charge is 0.128 e. The molecule has 0 aromatic carbocycles. The minimum absolute atomic E-state index is 0.656. The highest BCUT2D eigenvalue weighted by atomic mass is 35.5. The predicted octanol–water partition coefficient (Wildman–Crippen LogP) is 2.42. The highest BCUT2D eigenvalue weighted by molar-refractivity contribution is 6.37. The Bertz CT molecular complexity index is 45.8. The van der Waals surface area contributed by atoms with Crippen molar-refractivity contribution in [2.45, 2.75) is 24.4 Å². The van der Waals surface area contributed by atoms with Crippen LogP contribution in [-0.4, -0.2) is 21.1 Å². The maximum atomic E-state index is 5.51. The van der Waals surface area contributed by atoms with Gasteiger partial charge in [-0.2, -0.15) is 0 Å². The minimum atomic E-state index is 0.656. The summed E-state index contributed by atoms with van der Waals surface area (Å²) in [5.41, 5.74) is 0. The van der Waals surface area contributed by atoms with Gasteiger partial charge in [0.1, 0.15) is 0 Å². The van der Waals surface area contributed by atoms with Gasteiger partial charge in [0.15, 0.2) is 0 Å². The van der Waals surface area contributed by atoms with Crippen LogP contribution >= 0.6 is 11.6 Å².